The number of carbonyl (C=O) groups excluding carboxylic acids is 4. The number of rotatable bonds is 10. The van der Waals surface area contributed by atoms with Gasteiger partial charge in [-0.1, -0.05) is 24.3 Å². The fourth-order valence-electron chi connectivity index (χ4n) is 5.20. The number of amides is 4. The quantitative estimate of drug-likeness (QED) is 0.227. The number of hydrogen-bond acceptors (Lipinski definition) is 11. The van der Waals surface area contributed by atoms with Gasteiger partial charge in [0.2, 0.25) is 0 Å². The van der Waals surface area contributed by atoms with Gasteiger partial charge in [-0.3, -0.25) is 29.8 Å². The van der Waals surface area contributed by atoms with Crippen LogP contribution in [0.25, 0.3) is 0 Å². The highest BCUT2D eigenvalue weighted by Crippen LogP contribution is 2.37. The third-order valence-electron chi connectivity index (χ3n) is 7.55. The number of ether oxygens (including phenoxy) is 2. The van der Waals surface area contributed by atoms with Gasteiger partial charge in [-0.15, -0.1) is 0 Å². The highest BCUT2D eigenvalue weighted by atomic mass is 16.5. The maximum absolute atomic E-state index is 13.4. The first-order chi connectivity index (χ1) is 21.7. The lowest BCUT2D eigenvalue weighted by Crippen LogP contribution is -2.47. The number of hydrogen-bond donors (Lipinski definition) is 3. The van der Waals surface area contributed by atoms with Crippen molar-refractivity contribution in [3.8, 4) is 11.5 Å². The van der Waals surface area contributed by atoms with Crippen molar-refractivity contribution < 1.29 is 28.7 Å². The van der Waals surface area contributed by atoms with E-state index in [1.807, 2.05) is 0 Å². The molecule has 4 amide bonds. The van der Waals surface area contributed by atoms with Crippen molar-refractivity contribution in [2.45, 2.75) is 38.3 Å². The lowest BCUT2D eigenvalue weighted by Gasteiger charge is -2.29. The molecule has 3 unspecified atom stereocenters. The summed E-state index contributed by atoms with van der Waals surface area (Å²) in [6, 6.07) is 11.6. The predicted octanol–water partition coefficient (Wildman–Crippen LogP) is 4.15. The summed E-state index contributed by atoms with van der Waals surface area (Å²) in [4.78, 5) is 59.7. The van der Waals surface area contributed by atoms with E-state index >= 15 is 0 Å². The fraction of sp³-hybridized carbons (Fsp3) is 0.258. The van der Waals surface area contributed by atoms with E-state index in [1.54, 1.807) is 68.6 Å². The molecule has 1 aromatic heterocycles. The Balaban J connectivity index is 1.54. The molecule has 3 aromatic rings. The van der Waals surface area contributed by atoms with Gasteiger partial charge in [0.15, 0.2) is 12.1 Å². The molecular formula is C31H30N8O6. The highest BCUT2D eigenvalue weighted by Gasteiger charge is 2.40. The zero-order valence-electron chi connectivity index (χ0n) is 24.9. The molecule has 45 heavy (non-hydrogen) atoms. The number of nitrogens with zero attached hydrogens (tertiary/aromatic N) is 5. The molecule has 0 bridgehead atoms. The topological polar surface area (TPSA) is 189 Å². The Bertz CT molecular complexity index is 1780. The van der Waals surface area contributed by atoms with Crippen LogP contribution < -0.4 is 20.1 Å². The van der Waals surface area contributed by atoms with Crippen LogP contribution in [0.1, 0.15) is 32.0 Å². The molecule has 14 heteroatoms. The maximum atomic E-state index is 13.4. The van der Waals surface area contributed by atoms with E-state index in [1.165, 1.54) is 20.4 Å². The van der Waals surface area contributed by atoms with Gasteiger partial charge in [-0.05, 0) is 55.7 Å². The van der Waals surface area contributed by atoms with Crippen LogP contribution in [0.2, 0.25) is 0 Å². The largest absolute Gasteiger partial charge is 0.494 e. The molecule has 2 aliphatic rings. The van der Waals surface area contributed by atoms with Crippen molar-refractivity contribution in [3.63, 3.8) is 0 Å². The lowest BCUT2D eigenvalue weighted by atomic mass is 9.81. The van der Waals surface area contributed by atoms with E-state index in [9.17, 15) is 19.2 Å². The normalized spacial score (nSPS) is 19.7. The standard InChI is InChI=1S/C31H30N8O6/c1-16-18(28(40)34-30(42)25(16)38-36-20-9-5-7-11-22(20)44-3)15-19(27-32-13-14-33-27)24-17(2)26(31(43)35-29(24)41)39-37-21-10-6-8-12-23(21)45-4/h5-14,19,25-26H,15H2,1-4H3,(H,32,33)(H,34,40,42)(H,35,41,43). The number of benzene rings is 2. The molecule has 0 radical (unpaired) electrons. The van der Waals surface area contributed by atoms with Crippen LogP contribution >= 0.6 is 0 Å². The predicted molar refractivity (Wildman–Crippen MR) is 160 cm³/mol. The van der Waals surface area contributed by atoms with Gasteiger partial charge in [-0.25, -0.2) is 4.98 Å². The third kappa shape index (κ3) is 6.30. The van der Waals surface area contributed by atoms with Crippen LogP contribution in [0.5, 0.6) is 11.5 Å². The summed E-state index contributed by atoms with van der Waals surface area (Å²) >= 11 is 0. The molecule has 2 aromatic carbocycles. The molecule has 14 nitrogen and oxygen atoms in total. The Kier molecular flexibility index (Phi) is 9.02. The number of imide groups is 2. The zero-order valence-corrected chi connectivity index (χ0v) is 24.9. The molecular weight excluding hydrogens is 580 g/mol. The summed E-state index contributed by atoms with van der Waals surface area (Å²) < 4.78 is 10.6. The second-order valence-corrected chi connectivity index (χ2v) is 10.2. The molecule has 3 heterocycles. The van der Waals surface area contributed by atoms with Crippen molar-refractivity contribution >= 4 is 35.0 Å². The van der Waals surface area contributed by atoms with Gasteiger partial charge in [0.05, 0.1) is 20.1 Å². The van der Waals surface area contributed by atoms with Crippen LogP contribution in [0.3, 0.4) is 0 Å². The second-order valence-electron chi connectivity index (χ2n) is 10.2. The monoisotopic (exact) mass is 610 g/mol. The number of nitrogens with one attached hydrogen (secondary N) is 3. The van der Waals surface area contributed by atoms with Crippen LogP contribution in [-0.4, -0.2) is 59.9 Å². The summed E-state index contributed by atoms with van der Waals surface area (Å²) in [5.41, 5.74) is 1.91. The van der Waals surface area contributed by atoms with Gasteiger partial charge < -0.3 is 14.5 Å². The Hall–Kier alpha value is -5.79. The maximum Gasteiger partial charge on any atom is 0.257 e. The van der Waals surface area contributed by atoms with Crippen LogP contribution in [-0.2, 0) is 19.2 Å². The van der Waals surface area contributed by atoms with E-state index in [0.717, 1.165) is 0 Å². The first-order valence-electron chi connectivity index (χ1n) is 13.9. The number of azo groups is 2. The summed E-state index contributed by atoms with van der Waals surface area (Å²) in [6.07, 6.45) is 3.04. The Morgan fingerprint density at radius 2 is 1.31 bits per heavy atom. The van der Waals surface area contributed by atoms with Gasteiger partial charge in [0.1, 0.15) is 28.7 Å². The van der Waals surface area contributed by atoms with Crippen molar-refractivity contribution in [2.24, 2.45) is 20.5 Å². The molecule has 0 saturated heterocycles. The minimum Gasteiger partial charge on any atom is -0.494 e. The van der Waals surface area contributed by atoms with Crippen molar-refractivity contribution in [2.75, 3.05) is 14.2 Å². The number of para-hydroxylation sites is 2. The fourth-order valence-corrected chi connectivity index (χ4v) is 5.20. The van der Waals surface area contributed by atoms with Crippen LogP contribution in [0.15, 0.2) is 104 Å². The van der Waals surface area contributed by atoms with Gasteiger partial charge in [0, 0.05) is 23.5 Å². The SMILES string of the molecule is COc1ccccc1N=NC1C(=O)NC(=O)C(CC(C2=C(C)C(N=Nc3ccccc3OC)C(=O)NC2=O)c2ncc[nH]2)=C1C. The summed E-state index contributed by atoms with van der Waals surface area (Å²) in [5, 5.41) is 21.6. The summed E-state index contributed by atoms with van der Waals surface area (Å²) in [7, 11) is 2.99. The third-order valence-corrected chi connectivity index (χ3v) is 7.55. The van der Waals surface area contributed by atoms with Gasteiger partial charge >= 0.3 is 0 Å². The lowest BCUT2D eigenvalue weighted by molar-refractivity contribution is -0.132. The number of aromatic amines is 1. The van der Waals surface area contributed by atoms with E-state index in [4.69, 9.17) is 9.47 Å². The highest BCUT2D eigenvalue weighted by molar-refractivity contribution is 6.13. The van der Waals surface area contributed by atoms with Gasteiger partial charge in [0.25, 0.3) is 23.6 Å². The molecule has 5 rings (SSSR count). The number of carbonyl (C=O) groups is 4. The molecule has 0 saturated carbocycles. The van der Waals surface area contributed by atoms with Crippen molar-refractivity contribution in [1.82, 2.24) is 20.6 Å². The average Bonchev–Trinajstić information content (AvgIpc) is 3.57. The summed E-state index contributed by atoms with van der Waals surface area (Å²) in [5.74, 6) is -2.10. The molecule has 230 valence electrons. The molecule has 0 aliphatic carbocycles. The molecule has 3 atom stereocenters. The average molecular weight is 611 g/mol. The molecule has 2 aliphatic heterocycles. The second kappa shape index (κ2) is 13.2. The first kappa shape index (κ1) is 30.7. The van der Waals surface area contributed by atoms with E-state index in [-0.39, 0.29) is 17.6 Å². The van der Waals surface area contributed by atoms with Crippen LogP contribution in [0.4, 0.5) is 11.4 Å². The molecule has 3 N–H and O–H groups in total. The van der Waals surface area contributed by atoms with Crippen molar-refractivity contribution in [3.05, 3.63) is 89.0 Å². The minimum atomic E-state index is -1.14. The first-order valence-corrected chi connectivity index (χ1v) is 13.9. The Labute approximate surface area is 257 Å². The molecule has 0 spiro atoms. The Morgan fingerprint density at radius 1 is 0.778 bits per heavy atom. The van der Waals surface area contributed by atoms with E-state index < -0.39 is 41.6 Å². The van der Waals surface area contributed by atoms with E-state index in [0.29, 0.717) is 39.8 Å². The summed E-state index contributed by atoms with van der Waals surface area (Å²) in [6.45, 7) is 3.23. The Morgan fingerprint density at radius 3 is 1.84 bits per heavy atom. The van der Waals surface area contributed by atoms with Crippen molar-refractivity contribution in [1.29, 1.82) is 0 Å². The number of imidazole rings is 1. The molecule has 0 fully saturated rings. The zero-order chi connectivity index (χ0) is 32.1. The number of H-pyrrole nitrogens is 1. The van der Waals surface area contributed by atoms with E-state index in [2.05, 4.69) is 41.1 Å². The van der Waals surface area contributed by atoms with Gasteiger partial charge in [-0.2, -0.15) is 20.5 Å². The smallest absolute Gasteiger partial charge is 0.257 e. The number of aromatic nitrogens is 2. The minimum absolute atomic E-state index is 0.0518. The number of methoxy groups -OCH3 is 2. The van der Waals surface area contributed by atoms with Crippen LogP contribution in [0, 0.1) is 0 Å².